The fraction of sp³-hybridized carbons (Fsp3) is 0.308. The summed E-state index contributed by atoms with van der Waals surface area (Å²) in [7, 11) is 0. The zero-order valence-electron chi connectivity index (χ0n) is 10.2. The lowest BCUT2D eigenvalue weighted by Gasteiger charge is -2.19. The van der Waals surface area contributed by atoms with Crippen molar-refractivity contribution in [3.05, 3.63) is 53.9 Å². The molecule has 19 heavy (non-hydrogen) atoms. The number of hydrogen-bond donors (Lipinski definition) is 1. The lowest BCUT2D eigenvalue weighted by molar-refractivity contribution is -0.137. The van der Waals surface area contributed by atoms with Gasteiger partial charge in [0.1, 0.15) is 6.10 Å². The van der Waals surface area contributed by atoms with E-state index in [1.807, 2.05) is 0 Å². The number of hydrogen-bond acceptors (Lipinski definition) is 2. The Kier molecular flexibility index (Phi) is 3.61. The number of aromatic nitrogens is 2. The van der Waals surface area contributed by atoms with Gasteiger partial charge in [-0.1, -0.05) is 30.3 Å². The predicted molar refractivity (Wildman–Crippen MR) is 63.3 cm³/mol. The zero-order valence-corrected chi connectivity index (χ0v) is 10.2. The van der Waals surface area contributed by atoms with Crippen LogP contribution in [-0.2, 0) is 6.18 Å². The van der Waals surface area contributed by atoms with Gasteiger partial charge < -0.3 is 5.11 Å². The van der Waals surface area contributed by atoms with Crippen LogP contribution in [0.1, 0.15) is 30.2 Å². The number of rotatable bonds is 3. The second kappa shape index (κ2) is 5.05. The summed E-state index contributed by atoms with van der Waals surface area (Å²) in [6.45, 7) is 1.62. The van der Waals surface area contributed by atoms with E-state index in [0.29, 0.717) is 5.56 Å². The molecule has 0 radical (unpaired) electrons. The molecule has 1 aromatic carbocycles. The number of benzene rings is 1. The molecule has 0 aliphatic carbocycles. The van der Waals surface area contributed by atoms with Crippen LogP contribution in [0.15, 0.2) is 42.7 Å². The van der Waals surface area contributed by atoms with Gasteiger partial charge in [0.05, 0.1) is 17.8 Å². The van der Waals surface area contributed by atoms with Gasteiger partial charge in [0.15, 0.2) is 0 Å². The molecule has 3 nitrogen and oxygen atoms in total. The molecule has 6 heteroatoms. The maximum absolute atomic E-state index is 12.5. The summed E-state index contributed by atoms with van der Waals surface area (Å²) in [6.07, 6.45) is -3.68. The van der Waals surface area contributed by atoms with E-state index in [0.717, 1.165) is 17.1 Å². The average molecular weight is 270 g/mol. The summed E-state index contributed by atoms with van der Waals surface area (Å²) in [5.74, 6) is 0. The normalized spacial score (nSPS) is 15.2. The monoisotopic (exact) mass is 270 g/mol. The molecule has 0 aliphatic heterocycles. The molecule has 1 N–H and O–H groups in total. The number of aliphatic hydroxyl groups is 1. The van der Waals surface area contributed by atoms with Crippen LogP contribution >= 0.6 is 0 Å². The maximum atomic E-state index is 12.5. The molecule has 0 fully saturated rings. The quantitative estimate of drug-likeness (QED) is 0.930. The largest absolute Gasteiger partial charge is 0.419 e. The number of halogens is 3. The fourth-order valence-electron chi connectivity index (χ4n) is 1.78. The molecular formula is C13H13F3N2O. The highest BCUT2D eigenvalue weighted by Gasteiger charge is 2.33. The van der Waals surface area contributed by atoms with Crippen LogP contribution in [0.2, 0.25) is 0 Å². The maximum Gasteiger partial charge on any atom is 0.419 e. The third-order valence-electron chi connectivity index (χ3n) is 2.94. The molecule has 2 rings (SSSR count). The minimum atomic E-state index is -4.42. The Morgan fingerprint density at radius 2 is 1.84 bits per heavy atom. The first kappa shape index (κ1) is 13.6. The van der Waals surface area contributed by atoms with Crippen molar-refractivity contribution in [2.24, 2.45) is 0 Å². The molecule has 1 heterocycles. The summed E-state index contributed by atoms with van der Waals surface area (Å²) < 4.78 is 38.5. The van der Waals surface area contributed by atoms with Crippen molar-refractivity contribution in [2.45, 2.75) is 25.2 Å². The number of alkyl halides is 3. The Hall–Kier alpha value is -1.82. The lowest BCUT2D eigenvalue weighted by Crippen LogP contribution is -2.15. The zero-order chi connectivity index (χ0) is 14.0. The van der Waals surface area contributed by atoms with Crippen LogP contribution in [0.25, 0.3) is 0 Å². The Labute approximate surface area is 108 Å². The van der Waals surface area contributed by atoms with E-state index < -0.39 is 23.9 Å². The third kappa shape index (κ3) is 2.96. The van der Waals surface area contributed by atoms with Gasteiger partial charge in [-0.15, -0.1) is 0 Å². The first-order chi connectivity index (χ1) is 8.89. The van der Waals surface area contributed by atoms with E-state index in [2.05, 4.69) is 5.10 Å². The molecule has 0 saturated carbocycles. The SMILES string of the molecule is CC(C(O)c1ccccc1)n1cc(C(F)(F)F)cn1. The van der Waals surface area contributed by atoms with Crippen molar-refractivity contribution >= 4 is 0 Å². The van der Waals surface area contributed by atoms with Crippen molar-refractivity contribution in [3.8, 4) is 0 Å². The minimum absolute atomic E-state index is 0.585. The predicted octanol–water partition coefficient (Wildman–Crippen LogP) is 3.20. The van der Waals surface area contributed by atoms with Crippen molar-refractivity contribution < 1.29 is 18.3 Å². The fourth-order valence-corrected chi connectivity index (χ4v) is 1.78. The van der Waals surface area contributed by atoms with Crippen molar-refractivity contribution in [1.82, 2.24) is 9.78 Å². The summed E-state index contributed by atoms with van der Waals surface area (Å²) in [5.41, 5.74) is -0.182. The molecule has 0 amide bonds. The van der Waals surface area contributed by atoms with Crippen LogP contribution in [0.5, 0.6) is 0 Å². The minimum Gasteiger partial charge on any atom is -0.386 e. The molecule has 0 aliphatic rings. The van der Waals surface area contributed by atoms with Gasteiger partial charge >= 0.3 is 6.18 Å². The standard InChI is InChI=1S/C13H13F3N2O/c1-9(12(19)10-5-3-2-4-6-10)18-8-11(7-17-18)13(14,15)16/h2-9,12,19H,1H3. The van der Waals surface area contributed by atoms with Crippen molar-refractivity contribution in [1.29, 1.82) is 0 Å². The smallest absolute Gasteiger partial charge is 0.386 e. The molecule has 2 aromatic rings. The second-order valence-electron chi connectivity index (χ2n) is 4.30. The van der Waals surface area contributed by atoms with E-state index in [1.54, 1.807) is 37.3 Å². The van der Waals surface area contributed by atoms with E-state index in [-0.39, 0.29) is 0 Å². The highest BCUT2D eigenvalue weighted by molar-refractivity contribution is 5.18. The van der Waals surface area contributed by atoms with E-state index in [1.165, 1.54) is 0 Å². The highest BCUT2D eigenvalue weighted by Crippen LogP contribution is 2.31. The summed E-state index contributed by atoms with van der Waals surface area (Å²) >= 11 is 0. The lowest BCUT2D eigenvalue weighted by atomic mass is 10.0. The second-order valence-corrected chi connectivity index (χ2v) is 4.30. The first-order valence-corrected chi connectivity index (χ1v) is 5.74. The molecule has 0 saturated heterocycles. The van der Waals surface area contributed by atoms with Crippen LogP contribution in [0.4, 0.5) is 13.2 Å². The molecule has 0 spiro atoms. The van der Waals surface area contributed by atoms with Crippen molar-refractivity contribution in [2.75, 3.05) is 0 Å². The Bertz CT molecular complexity index is 536. The first-order valence-electron chi connectivity index (χ1n) is 5.74. The summed E-state index contributed by atoms with van der Waals surface area (Å²) in [6, 6.07) is 8.17. The van der Waals surface area contributed by atoms with Gasteiger partial charge in [0.2, 0.25) is 0 Å². The van der Waals surface area contributed by atoms with Crippen LogP contribution in [0, 0.1) is 0 Å². The Morgan fingerprint density at radius 3 is 2.37 bits per heavy atom. The van der Waals surface area contributed by atoms with Gasteiger partial charge in [0.25, 0.3) is 0 Å². The van der Waals surface area contributed by atoms with Gasteiger partial charge in [-0.2, -0.15) is 18.3 Å². The topological polar surface area (TPSA) is 38.0 Å². The molecule has 0 bridgehead atoms. The van der Waals surface area contributed by atoms with E-state index in [9.17, 15) is 18.3 Å². The molecule has 102 valence electrons. The molecule has 1 aromatic heterocycles. The molecular weight excluding hydrogens is 257 g/mol. The average Bonchev–Trinajstić information content (AvgIpc) is 2.87. The van der Waals surface area contributed by atoms with Gasteiger partial charge in [-0.3, -0.25) is 4.68 Å². The van der Waals surface area contributed by atoms with E-state index in [4.69, 9.17) is 0 Å². The highest BCUT2D eigenvalue weighted by atomic mass is 19.4. The number of nitrogens with zero attached hydrogens (tertiary/aromatic N) is 2. The van der Waals surface area contributed by atoms with Crippen LogP contribution in [-0.4, -0.2) is 14.9 Å². The summed E-state index contributed by atoms with van der Waals surface area (Å²) in [5, 5.41) is 13.8. The third-order valence-corrected chi connectivity index (χ3v) is 2.94. The van der Waals surface area contributed by atoms with Crippen LogP contribution in [0.3, 0.4) is 0 Å². The Morgan fingerprint density at radius 1 is 1.21 bits per heavy atom. The number of aliphatic hydroxyl groups excluding tert-OH is 1. The summed E-state index contributed by atoms with van der Waals surface area (Å²) in [4.78, 5) is 0. The van der Waals surface area contributed by atoms with Crippen molar-refractivity contribution in [3.63, 3.8) is 0 Å². The molecule has 2 atom stereocenters. The van der Waals surface area contributed by atoms with Gasteiger partial charge in [-0.25, -0.2) is 0 Å². The van der Waals surface area contributed by atoms with Gasteiger partial charge in [-0.05, 0) is 12.5 Å². The van der Waals surface area contributed by atoms with Gasteiger partial charge in [0, 0.05) is 6.20 Å². The molecule has 2 unspecified atom stereocenters. The van der Waals surface area contributed by atoms with E-state index >= 15 is 0 Å². The van der Waals surface area contributed by atoms with Crippen LogP contribution < -0.4 is 0 Å². The Balaban J connectivity index is 2.20.